The second-order valence-electron chi connectivity index (χ2n) is 8.03. The lowest BCUT2D eigenvalue weighted by molar-refractivity contribution is 0.0747. The summed E-state index contributed by atoms with van der Waals surface area (Å²) in [6.07, 6.45) is 7.18. The van der Waals surface area contributed by atoms with Gasteiger partial charge in [-0.1, -0.05) is 30.9 Å². The van der Waals surface area contributed by atoms with E-state index in [0.29, 0.717) is 18.7 Å². The molecule has 0 atom stereocenters. The molecule has 0 spiro atoms. The largest absolute Gasteiger partial charge is 0.368 e. The molecule has 0 saturated carbocycles. The van der Waals surface area contributed by atoms with E-state index in [2.05, 4.69) is 38.3 Å². The number of nitrogens with zero attached hydrogens (tertiary/aromatic N) is 4. The predicted molar refractivity (Wildman–Crippen MR) is 140 cm³/mol. The van der Waals surface area contributed by atoms with Crippen molar-refractivity contribution >= 4 is 46.2 Å². The molecule has 6 nitrogen and oxygen atoms in total. The van der Waals surface area contributed by atoms with Gasteiger partial charge in [-0.15, -0.1) is 0 Å². The fourth-order valence-corrected chi connectivity index (χ4v) is 4.95. The minimum Gasteiger partial charge on any atom is -0.368 e. The maximum absolute atomic E-state index is 13.2. The molecule has 2 aromatic carbocycles. The fourth-order valence-electron chi connectivity index (χ4n) is 4.13. The van der Waals surface area contributed by atoms with E-state index in [0.717, 1.165) is 45.8 Å². The van der Waals surface area contributed by atoms with Crippen molar-refractivity contribution in [3.63, 3.8) is 0 Å². The van der Waals surface area contributed by atoms with Crippen LogP contribution in [0.2, 0.25) is 0 Å². The molecule has 170 valence electrons. The molecule has 1 amide bonds. The van der Waals surface area contributed by atoms with Crippen LogP contribution in [-0.4, -0.2) is 47.0 Å². The van der Waals surface area contributed by atoms with Crippen LogP contribution < -0.4 is 9.62 Å². The number of aromatic nitrogens is 2. The second-order valence-corrected chi connectivity index (χ2v) is 8.87. The third-order valence-electron chi connectivity index (χ3n) is 5.98. The number of hydrogen-bond donors (Lipinski definition) is 1. The number of amides is 1. The third kappa shape index (κ3) is 4.61. The average molecular weight is 468 g/mol. The Morgan fingerprint density at radius 3 is 2.56 bits per heavy atom. The van der Waals surface area contributed by atoms with E-state index >= 15 is 0 Å². The first-order chi connectivity index (χ1) is 16.7. The number of anilines is 2. The van der Waals surface area contributed by atoms with Crippen LogP contribution in [0.1, 0.15) is 15.9 Å². The minimum absolute atomic E-state index is 0.0509. The van der Waals surface area contributed by atoms with E-state index in [1.165, 1.54) is 11.9 Å². The summed E-state index contributed by atoms with van der Waals surface area (Å²) in [6, 6.07) is 19.9. The molecule has 0 bridgehead atoms. The lowest BCUT2D eigenvalue weighted by Crippen LogP contribution is -2.48. The van der Waals surface area contributed by atoms with Gasteiger partial charge in [0.25, 0.3) is 5.91 Å². The Bertz CT molecular complexity index is 1310. The van der Waals surface area contributed by atoms with Gasteiger partial charge in [-0.2, -0.15) is 0 Å². The quantitative estimate of drug-likeness (QED) is 0.386. The summed E-state index contributed by atoms with van der Waals surface area (Å²) in [5.74, 6) is 0.0509. The highest BCUT2D eigenvalue weighted by Gasteiger charge is 2.22. The Morgan fingerprint density at radius 2 is 1.76 bits per heavy atom. The molecule has 0 aliphatic carbocycles. The summed E-state index contributed by atoms with van der Waals surface area (Å²) in [7, 11) is 0. The summed E-state index contributed by atoms with van der Waals surface area (Å²) in [5.41, 5.74) is 4.58. The standard InChI is InChI=1S/C27H25N5OS/c1-2-20-19-22(27(33)32-17-15-31(16-18-32)23-10-13-28-14-11-23)8-9-24(20)30-34-25-7-3-5-21-6-4-12-29-26(21)25/h2-14,19,30H,1,15-18H2. The smallest absolute Gasteiger partial charge is 0.253 e. The van der Waals surface area contributed by atoms with Crippen LogP contribution in [0.3, 0.4) is 0 Å². The van der Waals surface area contributed by atoms with Crippen LogP contribution in [0.15, 0.2) is 90.7 Å². The molecule has 5 rings (SSSR count). The first-order valence-electron chi connectivity index (χ1n) is 11.2. The van der Waals surface area contributed by atoms with Gasteiger partial charge in [-0.05, 0) is 60.0 Å². The molecule has 1 aliphatic heterocycles. The monoisotopic (exact) mass is 467 g/mol. The lowest BCUT2D eigenvalue weighted by atomic mass is 10.1. The summed E-state index contributed by atoms with van der Waals surface area (Å²) < 4.78 is 3.41. The molecule has 3 heterocycles. The lowest BCUT2D eigenvalue weighted by Gasteiger charge is -2.36. The third-order valence-corrected chi connectivity index (χ3v) is 6.85. The van der Waals surface area contributed by atoms with Gasteiger partial charge in [-0.25, -0.2) is 0 Å². The van der Waals surface area contributed by atoms with Crippen molar-refractivity contribution in [2.24, 2.45) is 0 Å². The molecule has 2 aromatic heterocycles. The molecule has 1 aliphatic rings. The van der Waals surface area contributed by atoms with Crippen LogP contribution in [0.4, 0.5) is 11.4 Å². The number of rotatable bonds is 6. The van der Waals surface area contributed by atoms with Crippen molar-refractivity contribution < 1.29 is 4.79 Å². The van der Waals surface area contributed by atoms with Gasteiger partial charge in [0.05, 0.1) is 16.1 Å². The Labute approximate surface area is 203 Å². The molecule has 7 heteroatoms. The van der Waals surface area contributed by atoms with Crippen molar-refractivity contribution in [3.8, 4) is 0 Å². The summed E-state index contributed by atoms with van der Waals surface area (Å²) in [4.78, 5) is 27.0. The average Bonchev–Trinajstić information content (AvgIpc) is 2.92. The van der Waals surface area contributed by atoms with Crippen molar-refractivity contribution in [2.45, 2.75) is 4.90 Å². The topological polar surface area (TPSA) is 61.4 Å². The molecular weight excluding hydrogens is 442 g/mol. The molecule has 1 fully saturated rings. The van der Waals surface area contributed by atoms with Crippen molar-refractivity contribution in [3.05, 3.63) is 97.0 Å². The van der Waals surface area contributed by atoms with Crippen molar-refractivity contribution in [1.82, 2.24) is 14.9 Å². The van der Waals surface area contributed by atoms with Gasteiger partial charge in [0.15, 0.2) is 0 Å². The Morgan fingerprint density at radius 1 is 0.971 bits per heavy atom. The van der Waals surface area contributed by atoms with Crippen LogP contribution in [0.25, 0.3) is 17.0 Å². The molecule has 0 unspecified atom stereocenters. The van der Waals surface area contributed by atoms with Gasteiger partial charge < -0.3 is 14.5 Å². The van der Waals surface area contributed by atoms with Crippen LogP contribution in [0.5, 0.6) is 0 Å². The highest BCUT2D eigenvalue weighted by Crippen LogP contribution is 2.30. The molecular formula is C27H25N5OS. The number of carbonyl (C=O) groups is 1. The first kappa shape index (κ1) is 22.0. The van der Waals surface area contributed by atoms with Gasteiger partial charge in [0.2, 0.25) is 0 Å². The highest BCUT2D eigenvalue weighted by atomic mass is 32.2. The normalized spacial score (nSPS) is 13.6. The molecule has 0 radical (unpaired) electrons. The van der Waals surface area contributed by atoms with Crippen molar-refractivity contribution in [1.29, 1.82) is 0 Å². The summed E-state index contributed by atoms with van der Waals surface area (Å²) in [6.45, 7) is 6.94. The number of benzene rings is 2. The fraction of sp³-hybridized carbons (Fsp3) is 0.148. The Hall–Kier alpha value is -3.84. The second kappa shape index (κ2) is 9.97. The number of para-hydroxylation sites is 1. The Balaban J connectivity index is 1.26. The number of piperazine rings is 1. The van der Waals surface area contributed by atoms with Crippen LogP contribution >= 0.6 is 11.9 Å². The maximum Gasteiger partial charge on any atom is 0.253 e. The van der Waals surface area contributed by atoms with E-state index < -0.39 is 0 Å². The maximum atomic E-state index is 13.2. The Kier molecular flexibility index (Phi) is 6.44. The van der Waals surface area contributed by atoms with E-state index in [1.807, 2.05) is 53.4 Å². The summed E-state index contributed by atoms with van der Waals surface area (Å²) in [5, 5.41) is 1.10. The SMILES string of the molecule is C=Cc1cc(C(=O)N2CCN(c3ccncc3)CC2)ccc1NSc1cccc2cccnc12. The predicted octanol–water partition coefficient (Wildman–Crippen LogP) is 5.35. The van der Waals surface area contributed by atoms with Gasteiger partial charge in [0, 0.05) is 61.4 Å². The number of carbonyl (C=O) groups excluding carboxylic acids is 1. The zero-order valence-corrected chi connectivity index (χ0v) is 19.5. The van der Waals surface area contributed by atoms with E-state index in [9.17, 15) is 4.79 Å². The summed E-state index contributed by atoms with van der Waals surface area (Å²) >= 11 is 1.51. The van der Waals surface area contributed by atoms with Gasteiger partial charge in [-0.3, -0.25) is 14.8 Å². The first-order valence-corrected chi connectivity index (χ1v) is 12.0. The molecule has 4 aromatic rings. The number of nitrogens with one attached hydrogen (secondary N) is 1. The molecule has 1 saturated heterocycles. The van der Waals surface area contributed by atoms with Gasteiger partial charge in [0.1, 0.15) is 0 Å². The van der Waals surface area contributed by atoms with E-state index in [-0.39, 0.29) is 5.91 Å². The highest BCUT2D eigenvalue weighted by molar-refractivity contribution is 8.00. The molecule has 1 N–H and O–H groups in total. The van der Waals surface area contributed by atoms with Crippen molar-refractivity contribution in [2.75, 3.05) is 35.8 Å². The number of pyridine rings is 2. The zero-order chi connectivity index (χ0) is 23.3. The number of fused-ring (bicyclic) bond motifs is 1. The molecule has 34 heavy (non-hydrogen) atoms. The van der Waals surface area contributed by atoms with Gasteiger partial charge >= 0.3 is 0 Å². The zero-order valence-electron chi connectivity index (χ0n) is 18.7. The van der Waals surface area contributed by atoms with Crippen LogP contribution in [0, 0.1) is 0 Å². The van der Waals surface area contributed by atoms with Crippen LogP contribution in [-0.2, 0) is 0 Å². The van der Waals surface area contributed by atoms with E-state index in [4.69, 9.17) is 0 Å². The minimum atomic E-state index is 0.0509. The number of hydrogen-bond acceptors (Lipinski definition) is 6. The van der Waals surface area contributed by atoms with E-state index in [1.54, 1.807) is 24.7 Å².